The van der Waals surface area contributed by atoms with E-state index in [1.807, 2.05) is 24.3 Å². The first-order valence-electron chi connectivity index (χ1n) is 9.03. The maximum atomic E-state index is 11.6. The maximum absolute atomic E-state index is 11.6. The molecular formula is C21H23BrN2O2. The summed E-state index contributed by atoms with van der Waals surface area (Å²) in [7, 11) is 1.41. The van der Waals surface area contributed by atoms with Gasteiger partial charge in [0.25, 0.3) is 0 Å². The van der Waals surface area contributed by atoms with E-state index in [0.717, 1.165) is 44.6 Å². The zero-order valence-corrected chi connectivity index (χ0v) is 16.5. The van der Waals surface area contributed by atoms with Crippen LogP contribution in [0.4, 0.5) is 5.69 Å². The number of halogens is 1. The summed E-state index contributed by atoms with van der Waals surface area (Å²) in [4.78, 5) is 16.6. The van der Waals surface area contributed by atoms with Crippen molar-refractivity contribution >= 4 is 27.6 Å². The van der Waals surface area contributed by atoms with Crippen molar-refractivity contribution in [1.29, 1.82) is 0 Å². The van der Waals surface area contributed by atoms with Crippen molar-refractivity contribution < 1.29 is 9.53 Å². The Balaban J connectivity index is 1.36. The van der Waals surface area contributed by atoms with Crippen LogP contribution in [0.2, 0.25) is 0 Å². The van der Waals surface area contributed by atoms with E-state index < -0.39 is 0 Å². The van der Waals surface area contributed by atoms with Crippen molar-refractivity contribution in [2.75, 3.05) is 38.2 Å². The van der Waals surface area contributed by atoms with Crippen molar-refractivity contribution in [3.05, 3.63) is 64.1 Å². The number of carbonyl (C=O) groups excluding carboxylic acids is 1. The minimum absolute atomic E-state index is 0.280. The van der Waals surface area contributed by atoms with Crippen LogP contribution >= 0.6 is 15.9 Å². The summed E-state index contributed by atoms with van der Waals surface area (Å²) < 4.78 is 5.97. The van der Waals surface area contributed by atoms with Crippen LogP contribution in [0.5, 0.6) is 0 Å². The highest BCUT2D eigenvalue weighted by atomic mass is 79.9. The van der Waals surface area contributed by atoms with Crippen LogP contribution in [0, 0.1) is 11.8 Å². The average Bonchev–Trinajstić information content (AvgIpc) is 3.22. The number of esters is 1. The molecule has 0 amide bonds. The van der Waals surface area contributed by atoms with Gasteiger partial charge in [0.05, 0.1) is 12.7 Å². The van der Waals surface area contributed by atoms with E-state index >= 15 is 0 Å². The molecule has 2 atom stereocenters. The molecule has 0 spiro atoms. The largest absolute Gasteiger partial charge is 0.465 e. The zero-order chi connectivity index (χ0) is 18.1. The molecule has 2 heterocycles. The lowest BCUT2D eigenvalue weighted by Crippen LogP contribution is -2.28. The highest BCUT2D eigenvalue weighted by Crippen LogP contribution is 2.35. The third-order valence-electron chi connectivity index (χ3n) is 5.57. The monoisotopic (exact) mass is 414 g/mol. The van der Waals surface area contributed by atoms with Gasteiger partial charge in [-0.3, -0.25) is 4.90 Å². The molecule has 136 valence electrons. The van der Waals surface area contributed by atoms with E-state index in [0.29, 0.717) is 5.56 Å². The SMILES string of the molecule is COC(=O)c1ccc(N2C[C@H]3CN(Cc4ccccc4Br)C[C@H]3C2)cc1. The predicted molar refractivity (Wildman–Crippen MR) is 106 cm³/mol. The molecule has 0 unspecified atom stereocenters. The van der Waals surface area contributed by atoms with Gasteiger partial charge in [0.15, 0.2) is 0 Å². The van der Waals surface area contributed by atoms with Gasteiger partial charge in [-0.25, -0.2) is 4.79 Å². The van der Waals surface area contributed by atoms with Crippen molar-refractivity contribution in [2.45, 2.75) is 6.54 Å². The van der Waals surface area contributed by atoms with E-state index in [-0.39, 0.29) is 5.97 Å². The van der Waals surface area contributed by atoms with E-state index in [2.05, 4.69) is 50.0 Å². The van der Waals surface area contributed by atoms with Gasteiger partial charge in [0, 0.05) is 42.9 Å². The van der Waals surface area contributed by atoms with Gasteiger partial charge in [-0.15, -0.1) is 0 Å². The minimum atomic E-state index is -0.280. The molecule has 0 bridgehead atoms. The number of fused-ring (bicyclic) bond motifs is 1. The van der Waals surface area contributed by atoms with Gasteiger partial charge >= 0.3 is 5.97 Å². The molecule has 0 radical (unpaired) electrons. The van der Waals surface area contributed by atoms with Gasteiger partial charge in [-0.2, -0.15) is 0 Å². The first kappa shape index (κ1) is 17.6. The fourth-order valence-corrected chi connectivity index (χ4v) is 4.63. The van der Waals surface area contributed by atoms with Crippen LogP contribution in [0.3, 0.4) is 0 Å². The number of rotatable bonds is 4. The predicted octanol–water partition coefficient (Wildman–Crippen LogP) is 3.80. The van der Waals surface area contributed by atoms with E-state index in [1.54, 1.807) is 0 Å². The summed E-state index contributed by atoms with van der Waals surface area (Å²) >= 11 is 3.66. The quantitative estimate of drug-likeness (QED) is 0.712. The summed E-state index contributed by atoms with van der Waals surface area (Å²) in [5.41, 5.74) is 3.17. The molecule has 0 N–H and O–H groups in total. The molecule has 4 nitrogen and oxygen atoms in total. The molecular weight excluding hydrogens is 392 g/mol. The summed E-state index contributed by atoms with van der Waals surface area (Å²) in [6, 6.07) is 16.3. The molecule has 2 fully saturated rings. The van der Waals surface area contributed by atoms with Crippen molar-refractivity contribution in [2.24, 2.45) is 11.8 Å². The van der Waals surface area contributed by atoms with Gasteiger partial charge in [0.1, 0.15) is 0 Å². The lowest BCUT2D eigenvalue weighted by atomic mass is 10.0. The Labute approximate surface area is 162 Å². The summed E-state index contributed by atoms with van der Waals surface area (Å²) in [6.07, 6.45) is 0. The fraction of sp³-hybridized carbons (Fsp3) is 0.381. The topological polar surface area (TPSA) is 32.8 Å². The first-order chi connectivity index (χ1) is 12.6. The van der Waals surface area contributed by atoms with Crippen LogP contribution in [-0.2, 0) is 11.3 Å². The highest BCUT2D eigenvalue weighted by molar-refractivity contribution is 9.10. The molecule has 2 saturated heterocycles. The summed E-state index contributed by atoms with van der Waals surface area (Å²) in [6.45, 7) is 5.51. The summed E-state index contributed by atoms with van der Waals surface area (Å²) in [5.74, 6) is 1.16. The Morgan fingerprint density at radius 2 is 1.69 bits per heavy atom. The average molecular weight is 415 g/mol. The molecule has 0 saturated carbocycles. The van der Waals surface area contributed by atoms with Crippen LogP contribution in [-0.4, -0.2) is 44.2 Å². The Hall–Kier alpha value is -1.85. The molecule has 4 rings (SSSR count). The van der Waals surface area contributed by atoms with Crippen LogP contribution in [0.1, 0.15) is 15.9 Å². The third kappa shape index (κ3) is 3.51. The van der Waals surface area contributed by atoms with E-state index in [4.69, 9.17) is 4.74 Å². The minimum Gasteiger partial charge on any atom is -0.465 e. The van der Waals surface area contributed by atoms with Crippen molar-refractivity contribution in [1.82, 2.24) is 4.90 Å². The van der Waals surface area contributed by atoms with Gasteiger partial charge in [-0.1, -0.05) is 34.1 Å². The normalized spacial score (nSPS) is 22.5. The second-order valence-corrected chi connectivity index (χ2v) is 8.10. The number of likely N-dealkylation sites (tertiary alicyclic amines) is 1. The molecule has 2 aliphatic heterocycles. The van der Waals surface area contributed by atoms with Gasteiger partial charge < -0.3 is 9.64 Å². The standard InChI is InChI=1S/C21H23BrN2O2/c1-26-21(25)15-6-8-19(9-7-15)24-13-17-11-23(12-18(17)14-24)10-16-4-2-3-5-20(16)22/h2-9,17-18H,10-14H2,1H3/t17-,18+. The lowest BCUT2D eigenvalue weighted by Gasteiger charge is -2.23. The Bertz CT molecular complexity index is 779. The van der Waals surface area contributed by atoms with Crippen LogP contribution in [0.15, 0.2) is 53.0 Å². The summed E-state index contributed by atoms with van der Waals surface area (Å²) in [5, 5.41) is 0. The number of benzene rings is 2. The van der Waals surface area contributed by atoms with Crippen molar-refractivity contribution in [3.63, 3.8) is 0 Å². The molecule has 5 heteroatoms. The Kier molecular flexibility index (Phi) is 5.00. The van der Waals surface area contributed by atoms with E-state index in [1.165, 1.54) is 22.8 Å². The number of carbonyl (C=O) groups is 1. The van der Waals surface area contributed by atoms with Crippen LogP contribution < -0.4 is 4.90 Å². The number of anilines is 1. The first-order valence-corrected chi connectivity index (χ1v) is 9.82. The third-order valence-corrected chi connectivity index (χ3v) is 6.34. The lowest BCUT2D eigenvalue weighted by molar-refractivity contribution is 0.0601. The number of nitrogens with zero attached hydrogens (tertiary/aromatic N) is 2. The molecule has 2 aliphatic rings. The fourth-order valence-electron chi connectivity index (χ4n) is 4.22. The van der Waals surface area contributed by atoms with E-state index in [9.17, 15) is 4.79 Å². The van der Waals surface area contributed by atoms with Crippen LogP contribution in [0.25, 0.3) is 0 Å². The number of hydrogen-bond donors (Lipinski definition) is 0. The van der Waals surface area contributed by atoms with Crippen molar-refractivity contribution in [3.8, 4) is 0 Å². The number of hydrogen-bond acceptors (Lipinski definition) is 4. The molecule has 2 aromatic rings. The second kappa shape index (κ2) is 7.41. The second-order valence-electron chi connectivity index (χ2n) is 7.25. The zero-order valence-electron chi connectivity index (χ0n) is 14.9. The molecule has 26 heavy (non-hydrogen) atoms. The maximum Gasteiger partial charge on any atom is 0.337 e. The Morgan fingerprint density at radius 1 is 1.04 bits per heavy atom. The smallest absolute Gasteiger partial charge is 0.337 e. The van der Waals surface area contributed by atoms with Gasteiger partial charge in [0.2, 0.25) is 0 Å². The number of ether oxygens (including phenoxy) is 1. The molecule has 0 aliphatic carbocycles. The highest BCUT2D eigenvalue weighted by Gasteiger charge is 2.39. The molecule has 0 aromatic heterocycles. The van der Waals surface area contributed by atoms with Gasteiger partial charge in [-0.05, 0) is 47.7 Å². The number of methoxy groups -OCH3 is 1. The Morgan fingerprint density at radius 3 is 2.31 bits per heavy atom. The molecule has 2 aromatic carbocycles.